The third-order valence-electron chi connectivity index (χ3n) is 12.1. The van der Waals surface area contributed by atoms with Crippen LogP contribution in [0.2, 0.25) is 0 Å². The van der Waals surface area contributed by atoms with Gasteiger partial charge in [-0.25, -0.2) is 0 Å². The van der Waals surface area contributed by atoms with Crippen molar-refractivity contribution in [2.75, 3.05) is 17.3 Å². The molecule has 1 fully saturated rings. The number of benzene rings is 8. The van der Waals surface area contributed by atoms with Crippen LogP contribution in [0.4, 0.5) is 17.1 Å². The normalized spacial score (nSPS) is 20.1. The van der Waals surface area contributed by atoms with E-state index in [4.69, 9.17) is 10.6 Å². The van der Waals surface area contributed by atoms with Crippen molar-refractivity contribution in [1.82, 2.24) is 10.2 Å². The van der Waals surface area contributed by atoms with E-state index in [2.05, 4.69) is 209 Å². The summed E-state index contributed by atoms with van der Waals surface area (Å²) < 4.78 is 0. The zero-order valence-electron chi connectivity index (χ0n) is 32.2. The molecule has 4 atom stereocenters. The van der Waals surface area contributed by atoms with Crippen molar-refractivity contribution >= 4 is 44.7 Å². The molecule has 6 nitrogen and oxygen atoms in total. The van der Waals surface area contributed by atoms with E-state index >= 15 is 0 Å². The van der Waals surface area contributed by atoms with E-state index in [0.29, 0.717) is 6.54 Å². The summed E-state index contributed by atoms with van der Waals surface area (Å²) in [6.07, 6.45) is 3.76. The molecule has 8 aromatic carbocycles. The third kappa shape index (κ3) is 5.84. The molecule has 3 heterocycles. The van der Waals surface area contributed by atoms with Gasteiger partial charge in [0, 0.05) is 10.8 Å². The maximum absolute atomic E-state index is 5.27. The number of rotatable bonds is 6. The van der Waals surface area contributed by atoms with Crippen LogP contribution in [-0.2, 0) is 6.54 Å². The van der Waals surface area contributed by atoms with Gasteiger partial charge in [0.25, 0.3) is 0 Å². The van der Waals surface area contributed by atoms with Crippen LogP contribution in [0.25, 0.3) is 49.4 Å². The largest absolute Gasteiger partial charge is 0.687 e. The number of fused-ring (bicyclic) bond motifs is 7. The Bertz CT molecular complexity index is 2800. The van der Waals surface area contributed by atoms with Gasteiger partial charge in [-0.3, -0.25) is 0 Å². The van der Waals surface area contributed by atoms with Gasteiger partial charge in [-0.05, 0) is 57.3 Å². The highest BCUT2D eigenvalue weighted by Gasteiger charge is 2.36. The Morgan fingerprint density at radius 3 is 1.88 bits per heavy atom. The van der Waals surface area contributed by atoms with Crippen molar-refractivity contribution in [3.05, 3.63) is 226 Å². The van der Waals surface area contributed by atoms with Crippen LogP contribution in [0.1, 0.15) is 58.0 Å². The molecule has 8 aromatic rings. The fourth-order valence-corrected chi connectivity index (χ4v) is 9.28. The Morgan fingerprint density at radius 1 is 0.552 bits per heavy atom. The van der Waals surface area contributed by atoms with Crippen molar-refractivity contribution < 1.29 is 0 Å². The molecule has 0 aliphatic carbocycles. The van der Waals surface area contributed by atoms with Crippen LogP contribution in [0.5, 0.6) is 0 Å². The Balaban J connectivity index is 0.940. The average Bonchev–Trinajstić information content (AvgIpc) is 3.71. The van der Waals surface area contributed by atoms with Gasteiger partial charge in [0.05, 0.1) is 23.2 Å². The summed E-state index contributed by atoms with van der Waals surface area (Å²) in [7, 11) is 2.16. The van der Waals surface area contributed by atoms with Gasteiger partial charge in [-0.15, -0.1) is 6.54 Å². The number of nitrogens with one attached hydrogen (secondary N) is 2. The fourth-order valence-electron chi connectivity index (χ4n) is 9.28. The van der Waals surface area contributed by atoms with Crippen molar-refractivity contribution in [3.63, 3.8) is 0 Å². The Labute approximate surface area is 339 Å². The van der Waals surface area contributed by atoms with Gasteiger partial charge in [-0.2, -0.15) is 6.20 Å². The fraction of sp³-hybridized carbons (Fsp3) is 0.115. The van der Waals surface area contributed by atoms with Crippen LogP contribution < -0.4 is 15.5 Å². The Hall–Kier alpha value is -6.70. The summed E-state index contributed by atoms with van der Waals surface area (Å²) in [6, 6.07) is 63.4. The van der Waals surface area contributed by atoms with Crippen molar-refractivity contribution in [2.24, 2.45) is 0 Å². The number of hydrogen-bond acceptors (Lipinski definition) is 4. The number of nitrogens with zero attached hydrogens (tertiary/aromatic N) is 4. The quantitative estimate of drug-likeness (QED) is 0.178. The molecule has 0 radical (unpaired) electrons. The minimum absolute atomic E-state index is 0.0235. The lowest BCUT2D eigenvalue weighted by Crippen LogP contribution is -2.45. The highest BCUT2D eigenvalue weighted by molar-refractivity contribution is 6.12. The Kier molecular flexibility index (Phi) is 8.55. The smallest absolute Gasteiger partial charge is 0.130 e. The summed E-state index contributed by atoms with van der Waals surface area (Å²) in [5.74, 6) is 0. The minimum atomic E-state index is -0.127. The second-order valence-electron chi connectivity index (χ2n) is 15.5. The van der Waals surface area contributed by atoms with Crippen LogP contribution in [0.3, 0.4) is 0 Å². The highest BCUT2D eigenvalue weighted by Crippen LogP contribution is 2.55. The van der Waals surface area contributed by atoms with Crippen LogP contribution in [0.15, 0.2) is 182 Å². The summed E-state index contributed by atoms with van der Waals surface area (Å²) in [6.45, 7) is 0.651. The van der Waals surface area contributed by atoms with Gasteiger partial charge < -0.3 is 31.1 Å². The lowest BCUT2D eigenvalue weighted by atomic mass is 9.93. The Morgan fingerprint density at radius 2 is 1.16 bits per heavy atom. The zero-order chi connectivity index (χ0) is 38.6. The van der Waals surface area contributed by atoms with Gasteiger partial charge in [-0.1, -0.05) is 199 Å². The van der Waals surface area contributed by atoms with Crippen LogP contribution in [-0.4, -0.2) is 11.9 Å². The monoisotopic (exact) mass is 750 g/mol. The standard InChI is InChI=1S/C52H42N6/c1-57-50(38-16-6-3-7-17-38)55-49(37-14-4-2-5-15-37)56-51(57)39-27-23-34(24-28-39)35-25-29-40(30-26-35)52-54-47-45-33-53-32-31-43(45)42-20-10-11-21-44(42)48(47)58(52)46-22-12-18-36-13-8-9-19-41(36)46/h2-32,49-52,54,56H,33H2,1H3/q-2. The molecule has 4 unspecified atom stereocenters. The predicted octanol–water partition coefficient (Wildman–Crippen LogP) is 13.1. The van der Waals surface area contributed by atoms with E-state index in [1.165, 1.54) is 71.9 Å². The molecule has 1 saturated heterocycles. The predicted molar refractivity (Wildman–Crippen MR) is 240 cm³/mol. The molecule has 0 bridgehead atoms. The molecule has 6 heteroatoms. The number of anilines is 3. The first kappa shape index (κ1) is 34.5. The summed E-state index contributed by atoms with van der Waals surface area (Å²) in [4.78, 5) is 4.85. The molecule has 2 N–H and O–H groups in total. The molecular formula is C52H42N6-2. The third-order valence-corrected chi connectivity index (χ3v) is 12.1. The molecule has 11 rings (SSSR count). The number of hydrogen-bond donors (Lipinski definition) is 2. The SMILES string of the molecule is CN1C(c2ccccc2)[N-]C(c2ccccc2)NC1c1ccc(-c2ccc(C3Nc4c5c(c6ccccc6c4N3c3cccc4ccccc34)C=C[N-]C5)cc2)cc1. The van der Waals surface area contributed by atoms with E-state index in [0.717, 1.165) is 11.3 Å². The van der Waals surface area contributed by atoms with Gasteiger partial charge in [0.2, 0.25) is 0 Å². The molecule has 3 aliphatic rings. The van der Waals surface area contributed by atoms with Gasteiger partial charge in [0.1, 0.15) is 6.17 Å². The summed E-state index contributed by atoms with van der Waals surface area (Å²) in [5.41, 5.74) is 13.2. The second kappa shape index (κ2) is 14.4. The first-order valence-electron chi connectivity index (χ1n) is 20.1. The van der Waals surface area contributed by atoms with Gasteiger partial charge >= 0.3 is 0 Å². The molecule has 282 valence electrons. The molecule has 0 aromatic heterocycles. The summed E-state index contributed by atoms with van der Waals surface area (Å²) >= 11 is 0. The van der Waals surface area contributed by atoms with Crippen LogP contribution in [0, 0.1) is 0 Å². The average molecular weight is 751 g/mol. The summed E-state index contributed by atoms with van der Waals surface area (Å²) in [5, 5.41) is 22.8. The van der Waals surface area contributed by atoms with Crippen LogP contribution >= 0.6 is 0 Å². The molecule has 58 heavy (non-hydrogen) atoms. The lowest BCUT2D eigenvalue weighted by Gasteiger charge is -2.55. The topological polar surface area (TPSA) is 58.7 Å². The van der Waals surface area contributed by atoms with Crippen molar-refractivity contribution in [2.45, 2.75) is 31.2 Å². The van der Waals surface area contributed by atoms with E-state index in [-0.39, 0.29) is 24.7 Å². The first-order chi connectivity index (χ1) is 28.7. The van der Waals surface area contributed by atoms with E-state index < -0.39 is 0 Å². The van der Waals surface area contributed by atoms with E-state index in [1.54, 1.807) is 0 Å². The van der Waals surface area contributed by atoms with Gasteiger partial charge in [0.15, 0.2) is 0 Å². The first-order valence-corrected chi connectivity index (χ1v) is 20.1. The second-order valence-corrected chi connectivity index (χ2v) is 15.5. The zero-order valence-corrected chi connectivity index (χ0v) is 32.2. The minimum Gasteiger partial charge on any atom is -0.687 e. The van der Waals surface area contributed by atoms with Crippen molar-refractivity contribution in [1.29, 1.82) is 0 Å². The van der Waals surface area contributed by atoms with Crippen molar-refractivity contribution in [3.8, 4) is 11.1 Å². The molecular weight excluding hydrogens is 709 g/mol. The molecule has 3 aliphatic heterocycles. The molecule has 0 amide bonds. The molecule has 0 saturated carbocycles. The lowest BCUT2D eigenvalue weighted by molar-refractivity contribution is 0.115. The molecule has 0 spiro atoms. The maximum Gasteiger partial charge on any atom is 0.130 e. The van der Waals surface area contributed by atoms with E-state index in [9.17, 15) is 0 Å². The maximum atomic E-state index is 5.27. The van der Waals surface area contributed by atoms with E-state index in [1.807, 2.05) is 6.20 Å². The highest BCUT2D eigenvalue weighted by atomic mass is 15.4.